The average Bonchev–Trinajstić information content (AvgIpc) is 2.78. The third-order valence-electron chi connectivity index (χ3n) is 2.24. The Morgan fingerprint density at radius 2 is 2.12 bits per heavy atom. The van der Waals surface area contributed by atoms with Crippen LogP contribution in [-0.4, -0.2) is 16.6 Å². The van der Waals surface area contributed by atoms with Gasteiger partial charge < -0.3 is 5.32 Å². The van der Waals surface area contributed by atoms with E-state index in [1.807, 2.05) is 24.6 Å². The highest BCUT2D eigenvalue weighted by Gasteiger charge is 2.15. The zero-order valence-corrected chi connectivity index (χ0v) is 10.8. The highest BCUT2D eigenvalue weighted by molar-refractivity contribution is 7.03. The Morgan fingerprint density at radius 3 is 2.69 bits per heavy atom. The molecule has 0 radical (unpaired) electrons. The van der Waals surface area contributed by atoms with Crippen LogP contribution in [0.5, 0.6) is 0 Å². The second-order valence-corrected chi connectivity index (χ2v) is 4.65. The molecule has 2 aromatic rings. The predicted molar refractivity (Wildman–Crippen MR) is 67.3 cm³/mol. The van der Waals surface area contributed by atoms with Crippen molar-refractivity contribution in [2.75, 3.05) is 7.05 Å². The van der Waals surface area contributed by atoms with E-state index in [0.717, 1.165) is 11.3 Å². The van der Waals surface area contributed by atoms with Gasteiger partial charge in [-0.2, -0.15) is 0 Å². The van der Waals surface area contributed by atoms with E-state index in [1.165, 1.54) is 11.5 Å². The van der Waals surface area contributed by atoms with E-state index in [0.29, 0.717) is 10.0 Å². The Hall–Kier alpha value is -0.680. The van der Waals surface area contributed by atoms with Gasteiger partial charge in [0.25, 0.3) is 0 Å². The van der Waals surface area contributed by atoms with Crippen molar-refractivity contribution >= 4 is 34.7 Å². The minimum Gasteiger partial charge on any atom is -0.308 e. The van der Waals surface area contributed by atoms with Gasteiger partial charge in [0, 0.05) is 5.38 Å². The highest BCUT2D eigenvalue weighted by Crippen LogP contribution is 2.28. The predicted octanol–water partition coefficient (Wildman–Crippen LogP) is 3.15. The monoisotopic (exact) mass is 273 g/mol. The summed E-state index contributed by atoms with van der Waals surface area (Å²) in [5.41, 5.74) is 1.90. The van der Waals surface area contributed by atoms with E-state index >= 15 is 0 Å². The first-order chi connectivity index (χ1) is 7.72. The lowest BCUT2D eigenvalue weighted by Gasteiger charge is -2.14. The summed E-state index contributed by atoms with van der Waals surface area (Å²) < 4.78 is 3.85. The van der Waals surface area contributed by atoms with Gasteiger partial charge in [-0.15, -0.1) is 5.10 Å². The van der Waals surface area contributed by atoms with Crippen LogP contribution >= 0.6 is 34.7 Å². The molecule has 0 aliphatic carbocycles. The van der Waals surface area contributed by atoms with Crippen LogP contribution in [0.4, 0.5) is 0 Å². The second kappa shape index (κ2) is 5.10. The maximum atomic E-state index is 5.98. The topological polar surface area (TPSA) is 37.8 Å². The van der Waals surface area contributed by atoms with Gasteiger partial charge in [0.15, 0.2) is 0 Å². The van der Waals surface area contributed by atoms with E-state index < -0.39 is 0 Å². The molecule has 0 saturated heterocycles. The molecule has 0 spiro atoms. The minimum atomic E-state index is -0.00600. The lowest BCUT2D eigenvalue weighted by atomic mass is 10.1. The first-order valence-corrected chi connectivity index (χ1v) is 6.21. The van der Waals surface area contributed by atoms with Crippen molar-refractivity contribution in [1.29, 1.82) is 0 Å². The quantitative estimate of drug-likeness (QED) is 0.934. The van der Waals surface area contributed by atoms with Crippen molar-refractivity contribution in [3.05, 3.63) is 44.9 Å². The Bertz CT molecular complexity index is 473. The minimum absolute atomic E-state index is 0.00600. The fourth-order valence-corrected chi connectivity index (χ4v) is 2.26. The molecule has 1 aromatic heterocycles. The molecule has 84 valence electrons. The van der Waals surface area contributed by atoms with Gasteiger partial charge in [-0.3, -0.25) is 0 Å². The van der Waals surface area contributed by atoms with Crippen LogP contribution in [0.25, 0.3) is 0 Å². The fourth-order valence-electron chi connectivity index (χ4n) is 1.47. The molecule has 1 N–H and O–H groups in total. The summed E-state index contributed by atoms with van der Waals surface area (Å²) in [7, 11) is 1.87. The molecule has 0 saturated carbocycles. The lowest BCUT2D eigenvalue weighted by molar-refractivity contribution is 0.668. The van der Waals surface area contributed by atoms with Crippen molar-refractivity contribution < 1.29 is 0 Å². The summed E-state index contributed by atoms with van der Waals surface area (Å²) >= 11 is 13.2. The molecular weight excluding hydrogens is 265 g/mol. The number of hydrogen-bond acceptors (Lipinski definition) is 4. The Labute approximate surface area is 108 Å². The molecule has 3 nitrogen and oxygen atoms in total. The van der Waals surface area contributed by atoms with Crippen LogP contribution in [0.1, 0.15) is 17.3 Å². The fraction of sp³-hybridized carbons (Fsp3) is 0.200. The number of hydrogen-bond donors (Lipinski definition) is 1. The molecule has 0 bridgehead atoms. The van der Waals surface area contributed by atoms with E-state index in [-0.39, 0.29) is 6.04 Å². The molecular formula is C10H9Cl2N3S. The van der Waals surface area contributed by atoms with Crippen LogP contribution in [0.3, 0.4) is 0 Å². The summed E-state index contributed by atoms with van der Waals surface area (Å²) in [6, 6.07) is 5.54. The first-order valence-electron chi connectivity index (χ1n) is 4.61. The molecule has 0 aliphatic rings. The molecule has 1 heterocycles. The molecule has 2 rings (SSSR count). The van der Waals surface area contributed by atoms with Gasteiger partial charge in [-0.1, -0.05) is 33.8 Å². The number of nitrogens with one attached hydrogen (secondary N) is 1. The largest absolute Gasteiger partial charge is 0.308 e. The maximum absolute atomic E-state index is 5.98. The number of halogens is 2. The molecule has 0 amide bonds. The molecule has 1 aromatic carbocycles. The summed E-state index contributed by atoms with van der Waals surface area (Å²) in [4.78, 5) is 0. The van der Waals surface area contributed by atoms with E-state index in [2.05, 4.69) is 14.9 Å². The zero-order valence-electron chi connectivity index (χ0n) is 8.45. The highest BCUT2D eigenvalue weighted by atomic mass is 35.5. The first kappa shape index (κ1) is 11.8. The smallest absolute Gasteiger partial charge is 0.0970 e. The Balaban J connectivity index is 2.37. The van der Waals surface area contributed by atoms with Crippen LogP contribution in [-0.2, 0) is 0 Å². The molecule has 0 fully saturated rings. The van der Waals surface area contributed by atoms with Gasteiger partial charge in [-0.05, 0) is 36.3 Å². The van der Waals surface area contributed by atoms with E-state index in [9.17, 15) is 0 Å². The third kappa shape index (κ3) is 2.35. The molecule has 1 unspecified atom stereocenters. The average molecular weight is 274 g/mol. The zero-order chi connectivity index (χ0) is 11.5. The molecule has 6 heteroatoms. The van der Waals surface area contributed by atoms with Crippen LogP contribution in [0.15, 0.2) is 23.6 Å². The maximum Gasteiger partial charge on any atom is 0.0970 e. The summed E-state index contributed by atoms with van der Waals surface area (Å²) in [5.74, 6) is 0. The van der Waals surface area contributed by atoms with Gasteiger partial charge in [0.05, 0.1) is 21.8 Å². The van der Waals surface area contributed by atoms with Crippen molar-refractivity contribution in [2.45, 2.75) is 6.04 Å². The third-order valence-corrected chi connectivity index (χ3v) is 3.50. The standard InChI is InChI=1S/C10H9Cl2N3S/c1-13-10(9-5-16-15-14-9)6-2-3-7(11)8(12)4-6/h2-5,10,13H,1H3. The van der Waals surface area contributed by atoms with Crippen LogP contribution in [0.2, 0.25) is 10.0 Å². The normalized spacial score (nSPS) is 12.7. The summed E-state index contributed by atoms with van der Waals surface area (Å²) in [5, 5.41) is 10.2. The second-order valence-electron chi connectivity index (χ2n) is 3.23. The number of aromatic nitrogens is 2. The van der Waals surface area contributed by atoms with Crippen LogP contribution < -0.4 is 5.32 Å². The number of rotatable bonds is 3. The van der Waals surface area contributed by atoms with Gasteiger partial charge in [0.2, 0.25) is 0 Å². The summed E-state index contributed by atoms with van der Waals surface area (Å²) in [6.07, 6.45) is 0. The summed E-state index contributed by atoms with van der Waals surface area (Å²) in [6.45, 7) is 0. The molecule has 1 atom stereocenters. The van der Waals surface area contributed by atoms with E-state index in [1.54, 1.807) is 6.07 Å². The molecule has 0 aliphatic heterocycles. The Morgan fingerprint density at radius 1 is 1.31 bits per heavy atom. The van der Waals surface area contributed by atoms with Crippen molar-refractivity contribution in [3.63, 3.8) is 0 Å². The SMILES string of the molecule is CNC(c1ccc(Cl)c(Cl)c1)c1csnn1. The van der Waals surface area contributed by atoms with Crippen molar-refractivity contribution in [1.82, 2.24) is 14.9 Å². The van der Waals surface area contributed by atoms with Crippen molar-refractivity contribution in [3.8, 4) is 0 Å². The van der Waals surface area contributed by atoms with Gasteiger partial charge >= 0.3 is 0 Å². The number of benzene rings is 1. The van der Waals surface area contributed by atoms with Crippen LogP contribution in [0, 0.1) is 0 Å². The van der Waals surface area contributed by atoms with E-state index in [4.69, 9.17) is 23.2 Å². The van der Waals surface area contributed by atoms with Crippen molar-refractivity contribution in [2.24, 2.45) is 0 Å². The van der Waals surface area contributed by atoms with Gasteiger partial charge in [-0.25, -0.2) is 0 Å². The Kier molecular flexibility index (Phi) is 3.76. The number of nitrogens with zero attached hydrogens (tertiary/aromatic N) is 2. The molecule has 16 heavy (non-hydrogen) atoms. The lowest BCUT2D eigenvalue weighted by Crippen LogP contribution is -2.18. The van der Waals surface area contributed by atoms with Gasteiger partial charge in [0.1, 0.15) is 0 Å².